The molecule has 3 heteroatoms. The van der Waals surface area contributed by atoms with Gasteiger partial charge in [0.15, 0.2) is 11.5 Å². The number of hydrogen-bond acceptors (Lipinski definition) is 3. The Bertz CT molecular complexity index is 392. The van der Waals surface area contributed by atoms with Gasteiger partial charge < -0.3 is 10.2 Å². The highest BCUT2D eigenvalue weighted by atomic mass is 16.3. The maximum absolute atomic E-state index is 10.7. The summed E-state index contributed by atoms with van der Waals surface area (Å²) in [4.78, 5) is 10.7. The first-order valence-corrected chi connectivity index (χ1v) is 4.73. The van der Waals surface area contributed by atoms with Crippen LogP contribution >= 0.6 is 0 Å². The van der Waals surface area contributed by atoms with E-state index in [4.69, 9.17) is 5.11 Å². The van der Waals surface area contributed by atoms with Gasteiger partial charge >= 0.3 is 0 Å². The van der Waals surface area contributed by atoms with E-state index in [2.05, 4.69) is 0 Å². The highest BCUT2D eigenvalue weighted by molar-refractivity contribution is 5.82. The molecular weight excluding hydrogens is 192 g/mol. The molecule has 0 aliphatic heterocycles. The van der Waals surface area contributed by atoms with E-state index in [1.807, 2.05) is 13.8 Å². The van der Waals surface area contributed by atoms with Crippen LogP contribution in [0, 0.1) is 5.92 Å². The van der Waals surface area contributed by atoms with Crippen molar-refractivity contribution in [1.29, 1.82) is 0 Å². The number of benzene rings is 1. The van der Waals surface area contributed by atoms with Crippen LogP contribution in [0.4, 0.5) is 0 Å². The number of carbonyl (C=O) groups excluding carboxylic acids is 1. The van der Waals surface area contributed by atoms with Crippen LogP contribution in [0.3, 0.4) is 0 Å². The van der Waals surface area contributed by atoms with Gasteiger partial charge in [-0.3, -0.25) is 4.79 Å². The minimum Gasteiger partial charge on any atom is -0.504 e. The Kier molecular flexibility index (Phi) is 3.50. The average Bonchev–Trinajstić information content (AvgIpc) is 2.19. The molecule has 0 heterocycles. The largest absolute Gasteiger partial charge is 0.504 e. The highest BCUT2D eigenvalue weighted by Gasteiger charge is 2.03. The fourth-order valence-corrected chi connectivity index (χ4v) is 1.16. The zero-order valence-electron chi connectivity index (χ0n) is 8.77. The van der Waals surface area contributed by atoms with Crippen LogP contribution in [0.1, 0.15) is 19.4 Å². The lowest BCUT2D eigenvalue weighted by atomic mass is 10.0. The zero-order valence-corrected chi connectivity index (χ0v) is 8.77. The summed E-state index contributed by atoms with van der Waals surface area (Å²) in [6.07, 6.45) is 2.49. The molecule has 0 bridgehead atoms. The summed E-state index contributed by atoms with van der Waals surface area (Å²) in [5, 5.41) is 18.4. The SMILES string of the molecule is CC(C)/C(C=O)=C\c1ccc(O)c(O)c1. The Morgan fingerprint density at radius 1 is 1.27 bits per heavy atom. The monoisotopic (exact) mass is 206 g/mol. The number of hydrogen-bond donors (Lipinski definition) is 2. The van der Waals surface area contributed by atoms with Crippen molar-refractivity contribution in [2.24, 2.45) is 5.92 Å². The Hall–Kier alpha value is -1.77. The summed E-state index contributed by atoms with van der Waals surface area (Å²) in [5.41, 5.74) is 1.35. The smallest absolute Gasteiger partial charge is 0.157 e. The van der Waals surface area contributed by atoms with Gasteiger partial charge in [0.25, 0.3) is 0 Å². The molecule has 0 amide bonds. The molecule has 1 aromatic carbocycles. The zero-order chi connectivity index (χ0) is 11.4. The van der Waals surface area contributed by atoms with Crippen LogP contribution in [0.25, 0.3) is 6.08 Å². The van der Waals surface area contributed by atoms with Crippen molar-refractivity contribution in [3.8, 4) is 11.5 Å². The fraction of sp³-hybridized carbons (Fsp3) is 0.250. The summed E-state index contributed by atoms with van der Waals surface area (Å²) in [7, 11) is 0. The third kappa shape index (κ3) is 2.84. The molecule has 3 nitrogen and oxygen atoms in total. The predicted molar refractivity (Wildman–Crippen MR) is 58.7 cm³/mol. The van der Waals surface area contributed by atoms with Crippen molar-refractivity contribution in [3.05, 3.63) is 29.3 Å². The molecule has 0 aliphatic carbocycles. The lowest BCUT2D eigenvalue weighted by Gasteiger charge is -2.04. The van der Waals surface area contributed by atoms with Crippen LogP contribution in [-0.4, -0.2) is 16.5 Å². The Morgan fingerprint density at radius 3 is 2.40 bits per heavy atom. The minimum atomic E-state index is -0.183. The number of phenolic OH excluding ortho intramolecular Hbond substituents is 2. The number of aldehydes is 1. The first kappa shape index (κ1) is 11.3. The van der Waals surface area contributed by atoms with Crippen molar-refractivity contribution < 1.29 is 15.0 Å². The first-order chi connectivity index (χ1) is 7.04. The predicted octanol–water partition coefficient (Wildman–Crippen LogP) is 2.34. The Labute approximate surface area is 88.7 Å². The second-order valence-electron chi connectivity index (χ2n) is 3.67. The van der Waals surface area contributed by atoms with E-state index in [0.29, 0.717) is 11.1 Å². The van der Waals surface area contributed by atoms with Crippen molar-refractivity contribution in [3.63, 3.8) is 0 Å². The molecule has 80 valence electrons. The Balaban J connectivity index is 3.07. The van der Waals surface area contributed by atoms with Crippen LogP contribution < -0.4 is 0 Å². The van der Waals surface area contributed by atoms with Gasteiger partial charge in [-0.2, -0.15) is 0 Å². The van der Waals surface area contributed by atoms with E-state index in [9.17, 15) is 9.90 Å². The summed E-state index contributed by atoms with van der Waals surface area (Å²) in [6, 6.07) is 4.45. The molecule has 2 N–H and O–H groups in total. The summed E-state index contributed by atoms with van der Waals surface area (Å²) in [5.74, 6) is -0.208. The lowest BCUT2D eigenvalue weighted by Crippen LogP contribution is -1.94. The maximum Gasteiger partial charge on any atom is 0.157 e. The molecule has 0 saturated carbocycles. The van der Waals surface area contributed by atoms with Crippen LogP contribution in [0.15, 0.2) is 23.8 Å². The van der Waals surface area contributed by atoms with Gasteiger partial charge in [0.05, 0.1) is 0 Å². The summed E-state index contributed by atoms with van der Waals surface area (Å²) in [6.45, 7) is 3.83. The molecule has 1 aromatic rings. The molecule has 0 radical (unpaired) electrons. The lowest BCUT2D eigenvalue weighted by molar-refractivity contribution is -0.105. The molecule has 0 fully saturated rings. The van der Waals surface area contributed by atoms with E-state index < -0.39 is 0 Å². The van der Waals surface area contributed by atoms with Crippen LogP contribution in [-0.2, 0) is 4.79 Å². The van der Waals surface area contributed by atoms with Crippen molar-refractivity contribution in [2.75, 3.05) is 0 Å². The average molecular weight is 206 g/mol. The Morgan fingerprint density at radius 2 is 1.93 bits per heavy atom. The normalized spacial score (nSPS) is 11.8. The molecular formula is C12H14O3. The van der Waals surface area contributed by atoms with E-state index in [1.165, 1.54) is 12.1 Å². The molecule has 0 aliphatic rings. The number of phenols is 2. The molecule has 0 atom stereocenters. The van der Waals surface area contributed by atoms with Crippen LogP contribution in [0.5, 0.6) is 11.5 Å². The maximum atomic E-state index is 10.7. The van der Waals surface area contributed by atoms with Crippen LogP contribution in [0.2, 0.25) is 0 Å². The number of aromatic hydroxyl groups is 2. The van der Waals surface area contributed by atoms with Gasteiger partial charge in [-0.05, 0) is 35.3 Å². The topological polar surface area (TPSA) is 57.5 Å². The minimum absolute atomic E-state index is 0.137. The summed E-state index contributed by atoms with van der Waals surface area (Å²) >= 11 is 0. The van der Waals surface area contributed by atoms with Gasteiger partial charge in [0.2, 0.25) is 0 Å². The molecule has 15 heavy (non-hydrogen) atoms. The number of carbonyl (C=O) groups is 1. The van der Waals surface area contributed by atoms with Crippen molar-refractivity contribution >= 4 is 12.4 Å². The fourth-order valence-electron chi connectivity index (χ4n) is 1.16. The van der Waals surface area contributed by atoms with E-state index >= 15 is 0 Å². The molecule has 0 unspecified atom stereocenters. The second-order valence-corrected chi connectivity index (χ2v) is 3.67. The van der Waals surface area contributed by atoms with Gasteiger partial charge in [0.1, 0.15) is 6.29 Å². The van der Waals surface area contributed by atoms with Gasteiger partial charge in [-0.15, -0.1) is 0 Å². The molecule has 0 saturated heterocycles. The molecule has 0 spiro atoms. The quantitative estimate of drug-likeness (QED) is 0.453. The second kappa shape index (κ2) is 4.64. The number of rotatable bonds is 3. The third-order valence-corrected chi connectivity index (χ3v) is 2.14. The van der Waals surface area contributed by atoms with E-state index in [-0.39, 0.29) is 17.4 Å². The van der Waals surface area contributed by atoms with E-state index in [0.717, 1.165) is 6.29 Å². The van der Waals surface area contributed by atoms with E-state index in [1.54, 1.807) is 12.1 Å². The molecule has 0 aromatic heterocycles. The molecule has 1 rings (SSSR count). The van der Waals surface area contributed by atoms with Gasteiger partial charge in [-0.25, -0.2) is 0 Å². The van der Waals surface area contributed by atoms with Gasteiger partial charge in [-0.1, -0.05) is 19.9 Å². The first-order valence-electron chi connectivity index (χ1n) is 4.73. The summed E-state index contributed by atoms with van der Waals surface area (Å²) < 4.78 is 0. The third-order valence-electron chi connectivity index (χ3n) is 2.14. The highest BCUT2D eigenvalue weighted by Crippen LogP contribution is 2.26. The van der Waals surface area contributed by atoms with Crippen molar-refractivity contribution in [2.45, 2.75) is 13.8 Å². The van der Waals surface area contributed by atoms with Gasteiger partial charge in [0, 0.05) is 0 Å². The van der Waals surface area contributed by atoms with Crippen molar-refractivity contribution in [1.82, 2.24) is 0 Å². The standard InChI is InChI=1S/C12H14O3/c1-8(2)10(7-13)5-9-3-4-11(14)12(15)6-9/h3-8,14-15H,1-2H3/b10-5-. The number of allylic oxidation sites excluding steroid dienone is 1.